The minimum absolute atomic E-state index is 0.776. The standard InChI is InChI=1S/C9H13N3S3/c1-6(2)5-15-9-11-7(13-3)10-8(12-9)14-4/h1,5H2,2-4H3. The Morgan fingerprint density at radius 1 is 1.07 bits per heavy atom. The Hall–Kier alpha value is -0.200. The Morgan fingerprint density at radius 2 is 1.53 bits per heavy atom. The third-order valence-corrected chi connectivity index (χ3v) is 3.56. The molecule has 82 valence electrons. The molecule has 6 heteroatoms. The van der Waals surface area contributed by atoms with E-state index in [2.05, 4.69) is 21.5 Å². The van der Waals surface area contributed by atoms with Gasteiger partial charge in [-0.1, -0.05) is 47.4 Å². The predicted molar refractivity (Wildman–Crippen MR) is 68.9 cm³/mol. The molecule has 0 atom stereocenters. The van der Waals surface area contributed by atoms with Crippen LogP contribution in [0.5, 0.6) is 0 Å². The molecule has 0 aliphatic carbocycles. The maximum absolute atomic E-state index is 4.32. The third kappa shape index (κ3) is 4.44. The fourth-order valence-electron chi connectivity index (χ4n) is 0.755. The van der Waals surface area contributed by atoms with Crippen LogP contribution in [0.3, 0.4) is 0 Å². The van der Waals surface area contributed by atoms with Crippen LogP contribution in [-0.2, 0) is 0 Å². The van der Waals surface area contributed by atoms with E-state index < -0.39 is 0 Å². The molecule has 0 aliphatic rings. The predicted octanol–water partition coefficient (Wildman–Crippen LogP) is 2.98. The molecule has 0 unspecified atom stereocenters. The molecule has 0 spiro atoms. The van der Waals surface area contributed by atoms with Crippen molar-refractivity contribution in [2.24, 2.45) is 0 Å². The van der Waals surface area contributed by atoms with Crippen LogP contribution in [0, 0.1) is 0 Å². The lowest BCUT2D eigenvalue weighted by Gasteiger charge is -2.03. The minimum atomic E-state index is 0.776. The quantitative estimate of drug-likeness (QED) is 0.598. The van der Waals surface area contributed by atoms with E-state index in [0.717, 1.165) is 26.8 Å². The first-order chi connectivity index (χ1) is 7.15. The van der Waals surface area contributed by atoms with Gasteiger partial charge in [0, 0.05) is 5.75 Å². The van der Waals surface area contributed by atoms with Crippen LogP contribution in [0.4, 0.5) is 0 Å². The van der Waals surface area contributed by atoms with Crippen LogP contribution in [0.2, 0.25) is 0 Å². The Bertz CT molecular complexity index is 332. The number of hydrogen-bond donors (Lipinski definition) is 0. The van der Waals surface area contributed by atoms with Crippen LogP contribution < -0.4 is 0 Å². The normalized spacial score (nSPS) is 10.3. The summed E-state index contributed by atoms with van der Waals surface area (Å²) in [5.41, 5.74) is 1.12. The van der Waals surface area contributed by atoms with Gasteiger partial charge in [0.15, 0.2) is 15.5 Å². The highest BCUT2D eigenvalue weighted by Gasteiger charge is 2.05. The van der Waals surface area contributed by atoms with Crippen LogP contribution in [0.15, 0.2) is 27.6 Å². The van der Waals surface area contributed by atoms with Gasteiger partial charge in [-0.2, -0.15) is 15.0 Å². The first-order valence-electron chi connectivity index (χ1n) is 4.27. The lowest BCUT2D eigenvalue weighted by molar-refractivity contribution is 0.719. The van der Waals surface area contributed by atoms with Crippen molar-refractivity contribution in [3.05, 3.63) is 12.2 Å². The molecule has 1 aromatic rings. The second-order valence-corrected chi connectivity index (χ2v) is 5.33. The highest BCUT2D eigenvalue weighted by atomic mass is 32.2. The van der Waals surface area contributed by atoms with Crippen molar-refractivity contribution in [1.82, 2.24) is 15.0 Å². The zero-order valence-corrected chi connectivity index (χ0v) is 11.4. The van der Waals surface area contributed by atoms with Crippen LogP contribution in [0.25, 0.3) is 0 Å². The number of rotatable bonds is 5. The molecule has 0 bridgehead atoms. The summed E-state index contributed by atoms with van der Waals surface area (Å²) in [5, 5.41) is 2.33. The van der Waals surface area contributed by atoms with Gasteiger partial charge in [0.05, 0.1) is 0 Å². The summed E-state index contributed by atoms with van der Waals surface area (Å²) in [6, 6.07) is 0. The third-order valence-electron chi connectivity index (χ3n) is 1.39. The van der Waals surface area contributed by atoms with Crippen molar-refractivity contribution >= 4 is 35.3 Å². The monoisotopic (exact) mass is 259 g/mol. The van der Waals surface area contributed by atoms with Crippen LogP contribution in [-0.4, -0.2) is 33.2 Å². The van der Waals surface area contributed by atoms with Gasteiger partial charge in [0.1, 0.15) is 0 Å². The average molecular weight is 259 g/mol. The smallest absolute Gasteiger partial charge is 0.192 e. The van der Waals surface area contributed by atoms with E-state index in [1.54, 1.807) is 11.8 Å². The largest absolute Gasteiger partial charge is 0.196 e. The van der Waals surface area contributed by atoms with E-state index in [0.29, 0.717) is 0 Å². The molecule has 1 rings (SSSR count). The average Bonchev–Trinajstić information content (AvgIpc) is 2.25. The Labute approximate surface area is 103 Å². The Balaban J connectivity index is 2.81. The first kappa shape index (κ1) is 12.9. The summed E-state index contributed by atoms with van der Waals surface area (Å²) in [4.78, 5) is 12.9. The molecule has 15 heavy (non-hydrogen) atoms. The molecule has 1 aromatic heterocycles. The molecule has 0 fully saturated rings. The van der Waals surface area contributed by atoms with Crippen molar-refractivity contribution in [2.75, 3.05) is 18.3 Å². The van der Waals surface area contributed by atoms with Gasteiger partial charge in [-0.15, -0.1) is 0 Å². The van der Waals surface area contributed by atoms with Gasteiger partial charge in [0.2, 0.25) is 0 Å². The van der Waals surface area contributed by atoms with Crippen molar-refractivity contribution in [3.8, 4) is 0 Å². The van der Waals surface area contributed by atoms with Crippen molar-refractivity contribution in [3.63, 3.8) is 0 Å². The molecule has 1 heterocycles. The van der Waals surface area contributed by atoms with Crippen molar-refractivity contribution in [2.45, 2.75) is 22.4 Å². The lowest BCUT2D eigenvalue weighted by Crippen LogP contribution is -1.96. The summed E-state index contributed by atoms with van der Waals surface area (Å²) in [6.07, 6.45) is 3.93. The molecule has 0 amide bonds. The van der Waals surface area contributed by atoms with E-state index in [1.807, 2.05) is 19.4 Å². The van der Waals surface area contributed by atoms with E-state index in [-0.39, 0.29) is 0 Å². The van der Waals surface area contributed by atoms with E-state index >= 15 is 0 Å². The zero-order valence-electron chi connectivity index (χ0n) is 8.98. The van der Waals surface area contributed by atoms with Gasteiger partial charge in [-0.3, -0.25) is 0 Å². The molecule has 0 saturated heterocycles. The van der Waals surface area contributed by atoms with Gasteiger partial charge >= 0.3 is 0 Å². The number of thioether (sulfide) groups is 3. The molecule has 3 nitrogen and oxygen atoms in total. The zero-order chi connectivity index (χ0) is 11.3. The number of hydrogen-bond acceptors (Lipinski definition) is 6. The van der Waals surface area contributed by atoms with Crippen molar-refractivity contribution in [1.29, 1.82) is 0 Å². The molecular formula is C9H13N3S3. The molecule has 0 aromatic carbocycles. The first-order valence-corrected chi connectivity index (χ1v) is 7.70. The van der Waals surface area contributed by atoms with Crippen LogP contribution >= 0.6 is 35.3 Å². The highest BCUT2D eigenvalue weighted by Crippen LogP contribution is 2.21. The van der Waals surface area contributed by atoms with Crippen molar-refractivity contribution < 1.29 is 0 Å². The van der Waals surface area contributed by atoms with E-state index in [9.17, 15) is 0 Å². The maximum Gasteiger partial charge on any atom is 0.192 e. The van der Waals surface area contributed by atoms with E-state index in [1.165, 1.54) is 23.5 Å². The molecule has 0 N–H and O–H groups in total. The number of aromatic nitrogens is 3. The summed E-state index contributed by atoms with van der Waals surface area (Å²) < 4.78 is 0. The lowest BCUT2D eigenvalue weighted by atomic mass is 10.4. The second kappa shape index (κ2) is 6.40. The van der Waals surface area contributed by atoms with Gasteiger partial charge in [0.25, 0.3) is 0 Å². The number of nitrogens with zero attached hydrogens (tertiary/aromatic N) is 3. The Kier molecular flexibility index (Phi) is 5.49. The molecule has 0 radical (unpaired) electrons. The summed E-state index contributed by atoms with van der Waals surface area (Å²) in [5.74, 6) is 0.853. The van der Waals surface area contributed by atoms with Crippen LogP contribution in [0.1, 0.15) is 6.92 Å². The maximum atomic E-state index is 4.32. The van der Waals surface area contributed by atoms with Gasteiger partial charge in [-0.05, 0) is 19.4 Å². The molecule has 0 aliphatic heterocycles. The fraction of sp³-hybridized carbons (Fsp3) is 0.444. The van der Waals surface area contributed by atoms with E-state index in [4.69, 9.17) is 0 Å². The second-order valence-electron chi connectivity index (χ2n) is 2.84. The summed E-state index contributed by atoms with van der Waals surface area (Å²) in [7, 11) is 0. The van der Waals surface area contributed by atoms with Gasteiger partial charge < -0.3 is 0 Å². The fourth-order valence-corrected chi connectivity index (χ4v) is 2.32. The summed E-state index contributed by atoms with van der Waals surface area (Å²) in [6.45, 7) is 5.85. The summed E-state index contributed by atoms with van der Waals surface area (Å²) >= 11 is 4.67. The molecule has 0 saturated carbocycles. The SMILES string of the molecule is C=C(C)CSc1nc(SC)nc(SC)n1. The highest BCUT2D eigenvalue weighted by molar-refractivity contribution is 8.00. The Morgan fingerprint density at radius 3 is 1.93 bits per heavy atom. The van der Waals surface area contributed by atoms with Gasteiger partial charge in [-0.25, -0.2) is 0 Å². The molecular weight excluding hydrogens is 246 g/mol. The minimum Gasteiger partial charge on any atom is -0.196 e. The topological polar surface area (TPSA) is 38.7 Å².